The van der Waals surface area contributed by atoms with Gasteiger partial charge in [-0.25, -0.2) is 4.79 Å². The average Bonchev–Trinajstić information content (AvgIpc) is 2.90. The van der Waals surface area contributed by atoms with Crippen LogP contribution in [0, 0.1) is 11.8 Å². The second-order valence-corrected chi connectivity index (χ2v) is 5.04. The second kappa shape index (κ2) is 7.16. The van der Waals surface area contributed by atoms with E-state index in [1.54, 1.807) is 11.8 Å². The number of carbonyl (C=O) groups is 2. The Bertz CT molecular complexity index is 350. The van der Waals surface area contributed by atoms with Crippen LogP contribution in [0.2, 0.25) is 0 Å². The molecule has 108 valence electrons. The molecule has 1 unspecified atom stereocenters. The third kappa shape index (κ3) is 4.26. The molecule has 0 aromatic carbocycles. The maximum atomic E-state index is 11.8. The Morgan fingerprint density at radius 2 is 1.74 bits per heavy atom. The monoisotopic (exact) mass is 267 g/mol. The number of hydrogen-bond donors (Lipinski definition) is 2. The van der Waals surface area contributed by atoms with E-state index in [1.807, 2.05) is 13.8 Å². The van der Waals surface area contributed by atoms with E-state index in [1.165, 1.54) is 25.3 Å². The minimum atomic E-state index is -0.438. The normalized spacial score (nSPS) is 25.4. The number of allylic oxidation sites excluding steroid dienone is 1. The minimum absolute atomic E-state index is 0.290. The molecule has 1 aliphatic heterocycles. The van der Waals surface area contributed by atoms with E-state index in [0.717, 1.165) is 13.1 Å². The summed E-state index contributed by atoms with van der Waals surface area (Å²) in [6.07, 6.45) is 4.93. The first-order valence-corrected chi connectivity index (χ1v) is 7.10. The number of rotatable bonds is 1. The van der Waals surface area contributed by atoms with Crippen LogP contribution in [-0.2, 0) is 4.79 Å². The molecule has 0 aromatic heterocycles. The zero-order chi connectivity index (χ0) is 14.4. The fraction of sp³-hybridized carbons (Fsp3) is 0.714. The van der Waals surface area contributed by atoms with E-state index in [-0.39, 0.29) is 6.03 Å². The number of nitrogens with zero attached hydrogens (tertiary/aromatic N) is 1. The molecule has 3 amide bonds. The van der Waals surface area contributed by atoms with Crippen LogP contribution in [0.4, 0.5) is 4.79 Å². The lowest BCUT2D eigenvalue weighted by atomic mass is 10.0. The van der Waals surface area contributed by atoms with Crippen LogP contribution in [0.25, 0.3) is 0 Å². The van der Waals surface area contributed by atoms with Gasteiger partial charge in [0.25, 0.3) is 5.91 Å². The van der Waals surface area contributed by atoms with Crippen LogP contribution >= 0.6 is 0 Å². The molecular weight excluding hydrogens is 242 g/mol. The van der Waals surface area contributed by atoms with E-state index in [2.05, 4.69) is 5.32 Å². The Labute approximate surface area is 115 Å². The predicted molar refractivity (Wildman–Crippen MR) is 75.2 cm³/mol. The largest absolute Gasteiger partial charge is 0.402 e. The van der Waals surface area contributed by atoms with Crippen molar-refractivity contribution in [1.82, 2.24) is 10.2 Å². The van der Waals surface area contributed by atoms with Gasteiger partial charge < -0.3 is 10.6 Å². The molecule has 2 rings (SSSR count). The summed E-state index contributed by atoms with van der Waals surface area (Å²) in [7, 11) is 0. The first-order valence-electron chi connectivity index (χ1n) is 7.10. The van der Waals surface area contributed by atoms with Crippen molar-refractivity contribution in [3.05, 3.63) is 11.8 Å². The van der Waals surface area contributed by atoms with Crippen molar-refractivity contribution in [3.63, 3.8) is 0 Å². The highest BCUT2D eigenvalue weighted by Gasteiger charge is 2.38. The van der Waals surface area contributed by atoms with Crippen molar-refractivity contribution in [1.29, 1.82) is 0 Å². The molecule has 1 aliphatic carbocycles. The molecular formula is C14H25N3O2. The third-order valence-electron chi connectivity index (χ3n) is 3.60. The number of hydrogen-bond acceptors (Lipinski definition) is 3. The molecule has 2 aliphatic rings. The van der Waals surface area contributed by atoms with E-state index in [4.69, 9.17) is 5.73 Å². The van der Waals surface area contributed by atoms with Crippen LogP contribution in [-0.4, -0.2) is 29.9 Å². The molecule has 0 spiro atoms. The predicted octanol–water partition coefficient (Wildman–Crippen LogP) is 1.84. The lowest BCUT2D eigenvalue weighted by Crippen LogP contribution is -2.41. The summed E-state index contributed by atoms with van der Waals surface area (Å²) < 4.78 is 0. The van der Waals surface area contributed by atoms with Gasteiger partial charge >= 0.3 is 6.03 Å². The molecule has 3 N–H and O–H groups in total. The minimum Gasteiger partial charge on any atom is -0.402 e. The third-order valence-corrected chi connectivity index (χ3v) is 3.60. The SMILES string of the molecule is C/C(N)=C/C(=O)NC(=O)N1CC2CCC[C@@H]2C1.CC. The number of imide groups is 1. The summed E-state index contributed by atoms with van der Waals surface area (Å²) >= 11 is 0. The highest BCUT2D eigenvalue weighted by atomic mass is 16.2. The first-order chi connectivity index (χ1) is 9.06. The topological polar surface area (TPSA) is 75.4 Å². The summed E-state index contributed by atoms with van der Waals surface area (Å²) in [4.78, 5) is 24.9. The Hall–Kier alpha value is -1.52. The summed E-state index contributed by atoms with van der Waals surface area (Å²) in [6.45, 7) is 7.19. The zero-order valence-electron chi connectivity index (χ0n) is 12.1. The molecule has 1 heterocycles. The summed E-state index contributed by atoms with van der Waals surface area (Å²) in [5.41, 5.74) is 5.77. The lowest BCUT2D eigenvalue weighted by Gasteiger charge is -2.16. The highest BCUT2D eigenvalue weighted by Crippen LogP contribution is 2.37. The molecule has 1 saturated carbocycles. The van der Waals surface area contributed by atoms with E-state index < -0.39 is 5.91 Å². The van der Waals surface area contributed by atoms with E-state index in [0.29, 0.717) is 17.5 Å². The molecule has 0 bridgehead atoms. The molecule has 19 heavy (non-hydrogen) atoms. The number of amides is 3. The maximum absolute atomic E-state index is 11.8. The summed E-state index contributed by atoms with van der Waals surface area (Å²) in [6, 6.07) is -0.290. The first kappa shape index (κ1) is 15.5. The molecule has 5 heteroatoms. The van der Waals surface area contributed by atoms with Gasteiger partial charge in [0.2, 0.25) is 0 Å². The van der Waals surface area contributed by atoms with Crippen molar-refractivity contribution in [2.24, 2.45) is 17.6 Å². The van der Waals surface area contributed by atoms with E-state index in [9.17, 15) is 9.59 Å². The molecule has 2 fully saturated rings. The molecule has 0 aromatic rings. The smallest absolute Gasteiger partial charge is 0.324 e. The summed E-state index contributed by atoms with van der Waals surface area (Å²) in [5.74, 6) is 0.845. The standard InChI is InChI=1S/C12H19N3O2.C2H6/c1-8(13)5-11(16)14-12(17)15-6-9-3-2-4-10(9)7-15;1-2/h5,9-10H,2-4,6-7,13H2,1H3,(H,14,16,17);1-2H3/b8-5-;/t9-,10?;/m1./s1. The summed E-state index contributed by atoms with van der Waals surface area (Å²) in [5, 5.41) is 2.33. The number of carbonyl (C=O) groups excluding carboxylic acids is 2. The van der Waals surface area contributed by atoms with Crippen LogP contribution in [0.3, 0.4) is 0 Å². The molecule has 5 nitrogen and oxygen atoms in total. The van der Waals surface area contributed by atoms with Crippen molar-refractivity contribution >= 4 is 11.9 Å². The quantitative estimate of drug-likeness (QED) is 0.712. The van der Waals surface area contributed by atoms with Gasteiger partial charge in [0.05, 0.1) is 0 Å². The van der Waals surface area contributed by atoms with Crippen LogP contribution in [0.1, 0.15) is 40.0 Å². The van der Waals surface area contributed by atoms with Gasteiger partial charge in [0, 0.05) is 24.9 Å². The fourth-order valence-corrected chi connectivity index (χ4v) is 2.83. The molecule has 0 radical (unpaired) electrons. The average molecular weight is 267 g/mol. The van der Waals surface area contributed by atoms with Gasteiger partial charge in [0.1, 0.15) is 0 Å². The Balaban J connectivity index is 0.000000861. The van der Waals surface area contributed by atoms with Crippen LogP contribution < -0.4 is 11.1 Å². The van der Waals surface area contributed by atoms with Gasteiger partial charge in [-0.3, -0.25) is 10.1 Å². The van der Waals surface area contributed by atoms with Crippen LogP contribution in [0.15, 0.2) is 11.8 Å². The fourth-order valence-electron chi connectivity index (χ4n) is 2.83. The van der Waals surface area contributed by atoms with Crippen molar-refractivity contribution in [3.8, 4) is 0 Å². The number of likely N-dealkylation sites (tertiary alicyclic amines) is 1. The maximum Gasteiger partial charge on any atom is 0.324 e. The van der Waals surface area contributed by atoms with E-state index >= 15 is 0 Å². The number of urea groups is 1. The molecule has 2 atom stereocenters. The van der Waals surface area contributed by atoms with Gasteiger partial charge in [-0.2, -0.15) is 0 Å². The Morgan fingerprint density at radius 1 is 1.21 bits per heavy atom. The Kier molecular flexibility index (Phi) is 5.86. The molecule has 1 saturated heterocycles. The van der Waals surface area contributed by atoms with Crippen molar-refractivity contribution < 1.29 is 9.59 Å². The van der Waals surface area contributed by atoms with Crippen LogP contribution in [0.5, 0.6) is 0 Å². The lowest BCUT2D eigenvalue weighted by molar-refractivity contribution is -0.115. The van der Waals surface area contributed by atoms with Gasteiger partial charge in [0.15, 0.2) is 0 Å². The van der Waals surface area contributed by atoms with Crippen molar-refractivity contribution in [2.45, 2.75) is 40.0 Å². The highest BCUT2D eigenvalue weighted by molar-refractivity contribution is 6.00. The number of nitrogens with one attached hydrogen (secondary N) is 1. The zero-order valence-corrected chi connectivity index (χ0v) is 12.1. The van der Waals surface area contributed by atoms with Gasteiger partial charge in [-0.1, -0.05) is 20.3 Å². The van der Waals surface area contributed by atoms with Gasteiger partial charge in [-0.05, 0) is 31.6 Å². The Morgan fingerprint density at radius 3 is 2.21 bits per heavy atom. The number of fused-ring (bicyclic) bond motifs is 1. The number of nitrogens with two attached hydrogens (primary N) is 1. The van der Waals surface area contributed by atoms with Gasteiger partial charge in [-0.15, -0.1) is 0 Å². The second-order valence-electron chi connectivity index (χ2n) is 5.04. The van der Waals surface area contributed by atoms with Crippen molar-refractivity contribution in [2.75, 3.05) is 13.1 Å².